The Morgan fingerprint density at radius 1 is 0.923 bits per heavy atom. The number of benzene rings is 2. The third-order valence-electron chi connectivity index (χ3n) is 4.29. The van der Waals surface area contributed by atoms with Gasteiger partial charge in [0, 0.05) is 35.1 Å². The van der Waals surface area contributed by atoms with Gasteiger partial charge in [0.2, 0.25) is 0 Å². The lowest BCUT2D eigenvalue weighted by Gasteiger charge is -2.36. The molecule has 1 aliphatic rings. The van der Waals surface area contributed by atoms with Gasteiger partial charge in [0.1, 0.15) is 0 Å². The third-order valence-corrected chi connectivity index (χ3v) is 5.78. The number of rotatable bonds is 5. The van der Waals surface area contributed by atoms with Gasteiger partial charge in [-0.25, -0.2) is 0 Å². The molecule has 2 amide bonds. The van der Waals surface area contributed by atoms with Crippen LogP contribution in [0.3, 0.4) is 0 Å². The van der Waals surface area contributed by atoms with Gasteiger partial charge in [0.05, 0.1) is 0 Å². The van der Waals surface area contributed by atoms with Crippen LogP contribution in [0.2, 0.25) is 0 Å². The number of amides is 2. The summed E-state index contributed by atoms with van der Waals surface area (Å²) >= 11 is 1.74. The van der Waals surface area contributed by atoms with Crippen LogP contribution in [0, 0.1) is 0 Å². The maximum Gasteiger partial charge on any atom is 0.313 e. The second-order valence-electron chi connectivity index (χ2n) is 6.21. The number of ether oxygens (including phenoxy) is 1. The van der Waals surface area contributed by atoms with E-state index in [2.05, 4.69) is 22.8 Å². The van der Waals surface area contributed by atoms with Gasteiger partial charge in [-0.15, -0.1) is 11.8 Å². The van der Waals surface area contributed by atoms with E-state index in [9.17, 15) is 9.59 Å². The fraction of sp³-hybridized carbons (Fsp3) is 0.300. The number of hydrogen-bond donors (Lipinski definition) is 2. The van der Waals surface area contributed by atoms with Crippen molar-refractivity contribution in [2.75, 3.05) is 25.1 Å². The molecule has 0 unspecified atom stereocenters. The fourth-order valence-electron chi connectivity index (χ4n) is 2.83. The zero-order valence-electron chi connectivity index (χ0n) is 14.4. The molecule has 0 aromatic heterocycles. The number of carbonyl (C=O) groups is 2. The molecule has 1 aliphatic heterocycles. The standard InChI is InChI=1S/C20H22N2O3S/c23-18(19(24)22-16-7-3-1-4-8-16)21-15-20(11-13-25-14-12-20)26-17-9-5-2-6-10-17/h1-10H,11-15H2,(H,21,23)(H,22,24). The Morgan fingerprint density at radius 3 is 2.19 bits per heavy atom. The summed E-state index contributed by atoms with van der Waals surface area (Å²) < 4.78 is 5.33. The van der Waals surface area contributed by atoms with Crippen molar-refractivity contribution in [3.8, 4) is 0 Å². The summed E-state index contributed by atoms with van der Waals surface area (Å²) in [6, 6.07) is 19.1. The Labute approximate surface area is 157 Å². The third kappa shape index (κ3) is 5.09. The van der Waals surface area contributed by atoms with E-state index >= 15 is 0 Å². The first-order chi connectivity index (χ1) is 12.7. The van der Waals surface area contributed by atoms with Crippen molar-refractivity contribution in [2.24, 2.45) is 0 Å². The molecule has 2 N–H and O–H groups in total. The maximum absolute atomic E-state index is 12.2. The molecule has 2 aromatic rings. The first-order valence-corrected chi connectivity index (χ1v) is 9.45. The molecule has 0 radical (unpaired) electrons. The highest BCUT2D eigenvalue weighted by atomic mass is 32.2. The lowest BCUT2D eigenvalue weighted by atomic mass is 9.99. The van der Waals surface area contributed by atoms with Crippen LogP contribution in [0.4, 0.5) is 5.69 Å². The van der Waals surface area contributed by atoms with Crippen molar-refractivity contribution in [1.82, 2.24) is 5.32 Å². The van der Waals surface area contributed by atoms with Gasteiger partial charge in [-0.1, -0.05) is 36.4 Å². The monoisotopic (exact) mass is 370 g/mol. The first kappa shape index (κ1) is 18.5. The summed E-state index contributed by atoms with van der Waals surface area (Å²) in [5, 5.41) is 5.42. The molecule has 0 atom stereocenters. The molecule has 6 heteroatoms. The van der Waals surface area contributed by atoms with Crippen LogP contribution in [0.5, 0.6) is 0 Å². The van der Waals surface area contributed by atoms with E-state index < -0.39 is 11.8 Å². The van der Waals surface area contributed by atoms with E-state index in [1.807, 2.05) is 24.3 Å². The molecule has 3 rings (SSSR count). The van der Waals surface area contributed by atoms with Crippen LogP contribution in [0.15, 0.2) is 65.6 Å². The Morgan fingerprint density at radius 2 is 1.54 bits per heavy atom. The molecule has 0 bridgehead atoms. The van der Waals surface area contributed by atoms with Crippen molar-refractivity contribution < 1.29 is 14.3 Å². The second-order valence-corrected chi connectivity index (χ2v) is 7.75. The van der Waals surface area contributed by atoms with Crippen LogP contribution >= 0.6 is 11.8 Å². The van der Waals surface area contributed by atoms with Gasteiger partial charge in [0.15, 0.2) is 0 Å². The van der Waals surface area contributed by atoms with E-state index in [0.29, 0.717) is 25.4 Å². The predicted octanol–water partition coefficient (Wildman–Crippen LogP) is 3.08. The summed E-state index contributed by atoms with van der Waals surface area (Å²) in [7, 11) is 0. The lowest BCUT2D eigenvalue weighted by Crippen LogP contribution is -2.47. The van der Waals surface area contributed by atoms with E-state index in [0.717, 1.165) is 17.7 Å². The lowest BCUT2D eigenvalue weighted by molar-refractivity contribution is -0.136. The van der Waals surface area contributed by atoms with Crippen LogP contribution in [-0.2, 0) is 14.3 Å². The summed E-state index contributed by atoms with van der Waals surface area (Å²) in [6.07, 6.45) is 1.65. The molecule has 26 heavy (non-hydrogen) atoms. The van der Waals surface area contributed by atoms with Crippen LogP contribution in [0.25, 0.3) is 0 Å². The van der Waals surface area contributed by atoms with Gasteiger partial charge in [-0.05, 0) is 37.1 Å². The number of thioether (sulfide) groups is 1. The van der Waals surface area contributed by atoms with Gasteiger partial charge < -0.3 is 15.4 Å². The average Bonchev–Trinajstić information content (AvgIpc) is 2.68. The van der Waals surface area contributed by atoms with Gasteiger partial charge >= 0.3 is 11.8 Å². The molecule has 136 valence electrons. The van der Waals surface area contributed by atoms with Crippen molar-refractivity contribution >= 4 is 29.3 Å². The van der Waals surface area contributed by atoms with Crippen molar-refractivity contribution in [3.63, 3.8) is 0 Å². The van der Waals surface area contributed by atoms with E-state index in [-0.39, 0.29) is 4.75 Å². The summed E-state index contributed by atoms with van der Waals surface area (Å²) in [5.41, 5.74) is 0.604. The zero-order valence-corrected chi connectivity index (χ0v) is 15.3. The minimum absolute atomic E-state index is 0.164. The zero-order chi connectivity index (χ0) is 18.2. The predicted molar refractivity (Wildman–Crippen MR) is 103 cm³/mol. The topological polar surface area (TPSA) is 67.4 Å². The first-order valence-electron chi connectivity index (χ1n) is 8.63. The number of para-hydroxylation sites is 1. The van der Waals surface area contributed by atoms with E-state index in [4.69, 9.17) is 4.74 Å². The summed E-state index contributed by atoms with van der Waals surface area (Å²) in [6.45, 7) is 1.74. The SMILES string of the molecule is O=C(NCC1(Sc2ccccc2)CCOCC1)C(=O)Nc1ccccc1. The maximum atomic E-state index is 12.2. The highest BCUT2D eigenvalue weighted by Crippen LogP contribution is 2.40. The minimum Gasteiger partial charge on any atom is -0.381 e. The van der Waals surface area contributed by atoms with Crippen LogP contribution < -0.4 is 10.6 Å². The Bertz CT molecular complexity index is 731. The quantitative estimate of drug-likeness (QED) is 0.794. The van der Waals surface area contributed by atoms with E-state index in [1.165, 1.54) is 0 Å². The van der Waals surface area contributed by atoms with Gasteiger partial charge in [0.25, 0.3) is 0 Å². The molecular weight excluding hydrogens is 348 g/mol. The van der Waals surface area contributed by atoms with Gasteiger partial charge in [-0.3, -0.25) is 9.59 Å². The smallest absolute Gasteiger partial charge is 0.313 e. The molecule has 1 heterocycles. The second kappa shape index (κ2) is 8.87. The minimum atomic E-state index is -0.650. The van der Waals surface area contributed by atoms with Crippen LogP contribution in [0.1, 0.15) is 12.8 Å². The Kier molecular flexibility index (Phi) is 6.30. The van der Waals surface area contributed by atoms with Crippen molar-refractivity contribution in [2.45, 2.75) is 22.5 Å². The highest BCUT2D eigenvalue weighted by molar-refractivity contribution is 8.00. The van der Waals surface area contributed by atoms with Crippen molar-refractivity contribution in [3.05, 3.63) is 60.7 Å². The molecule has 5 nitrogen and oxygen atoms in total. The molecule has 1 fully saturated rings. The van der Waals surface area contributed by atoms with Crippen molar-refractivity contribution in [1.29, 1.82) is 0 Å². The normalized spacial score (nSPS) is 15.8. The largest absolute Gasteiger partial charge is 0.381 e. The van der Waals surface area contributed by atoms with Crippen LogP contribution in [-0.4, -0.2) is 36.3 Å². The molecule has 0 spiro atoms. The average molecular weight is 370 g/mol. The highest BCUT2D eigenvalue weighted by Gasteiger charge is 2.34. The number of carbonyl (C=O) groups excluding carboxylic acids is 2. The van der Waals surface area contributed by atoms with Gasteiger partial charge in [-0.2, -0.15) is 0 Å². The molecule has 0 saturated carbocycles. The Balaban J connectivity index is 1.60. The number of anilines is 1. The number of hydrogen-bond acceptors (Lipinski definition) is 4. The fourth-order valence-corrected chi connectivity index (χ4v) is 4.14. The molecule has 1 saturated heterocycles. The molecule has 0 aliphatic carbocycles. The summed E-state index contributed by atoms with van der Waals surface area (Å²) in [5.74, 6) is -1.27. The Hall–Kier alpha value is -2.31. The molecule has 2 aromatic carbocycles. The van der Waals surface area contributed by atoms with E-state index in [1.54, 1.807) is 36.0 Å². The molecular formula is C20H22N2O3S. The summed E-state index contributed by atoms with van der Waals surface area (Å²) in [4.78, 5) is 25.5. The number of nitrogens with one attached hydrogen (secondary N) is 2.